The number of anilines is 1. The maximum Gasteiger partial charge on any atom is 0.416 e. The largest absolute Gasteiger partial charge is 0.416 e. The van der Waals surface area contributed by atoms with E-state index < -0.39 is 11.7 Å². The van der Waals surface area contributed by atoms with Crippen LogP contribution in [-0.2, 0) is 19.8 Å². The fourth-order valence-electron chi connectivity index (χ4n) is 4.80. The summed E-state index contributed by atoms with van der Waals surface area (Å²) in [5.41, 5.74) is 3.86. The Morgan fingerprint density at radius 1 is 1.00 bits per heavy atom. The van der Waals surface area contributed by atoms with Gasteiger partial charge < -0.3 is 9.88 Å². The highest BCUT2D eigenvalue weighted by molar-refractivity contribution is 5.85. The zero-order chi connectivity index (χ0) is 27.8. The minimum Gasteiger partial charge on any atom is -0.367 e. The monoisotopic (exact) mass is 528 g/mol. The predicted octanol–water partition coefficient (Wildman–Crippen LogP) is 5.44. The van der Waals surface area contributed by atoms with Gasteiger partial charge in [-0.15, -0.1) is 0 Å². The molecule has 0 saturated heterocycles. The van der Waals surface area contributed by atoms with Crippen LogP contribution in [0, 0.1) is 13.8 Å². The molecular weight excluding hydrogens is 493 g/mol. The molecule has 1 aromatic carbocycles. The lowest BCUT2D eigenvalue weighted by Crippen LogP contribution is -2.40. The molecule has 4 rings (SSSR count). The Hall–Kier alpha value is -3.47. The van der Waals surface area contributed by atoms with Gasteiger partial charge in [-0.05, 0) is 59.2 Å². The predicted molar refractivity (Wildman–Crippen MR) is 143 cm³/mol. The standard InChI is InChI=1S/C27H35F3N8/c1-16(2)38(17(3)4)13-12-31-25-23-26(34-24(33-25)22-18(5)35-36(7)19(22)6)37(15-32-23)14-20-8-10-21(11-9-20)27(28,29)30/h8-11,15-17H,12-14H2,1-7H3,(H,31,33,34). The summed E-state index contributed by atoms with van der Waals surface area (Å²) in [6.45, 7) is 14.4. The van der Waals surface area contributed by atoms with Crippen LogP contribution in [0.15, 0.2) is 30.6 Å². The molecule has 0 amide bonds. The van der Waals surface area contributed by atoms with Crippen molar-refractivity contribution < 1.29 is 13.2 Å². The number of alkyl halides is 3. The third-order valence-electron chi connectivity index (χ3n) is 6.82. The number of imidazole rings is 1. The third kappa shape index (κ3) is 5.67. The first-order valence-corrected chi connectivity index (χ1v) is 12.8. The Labute approximate surface area is 220 Å². The number of aryl methyl sites for hydroxylation is 2. The average Bonchev–Trinajstić information content (AvgIpc) is 3.34. The van der Waals surface area contributed by atoms with E-state index in [1.807, 2.05) is 25.5 Å². The smallest absolute Gasteiger partial charge is 0.367 e. The first-order chi connectivity index (χ1) is 17.9. The second-order valence-corrected chi connectivity index (χ2v) is 10.2. The molecule has 38 heavy (non-hydrogen) atoms. The Morgan fingerprint density at radius 2 is 1.66 bits per heavy atom. The van der Waals surface area contributed by atoms with E-state index in [9.17, 15) is 13.2 Å². The van der Waals surface area contributed by atoms with Gasteiger partial charge in [0.2, 0.25) is 0 Å². The van der Waals surface area contributed by atoms with Crippen molar-refractivity contribution in [1.82, 2.24) is 34.2 Å². The molecule has 0 bridgehead atoms. The van der Waals surface area contributed by atoms with Gasteiger partial charge in [-0.2, -0.15) is 18.3 Å². The van der Waals surface area contributed by atoms with Crippen molar-refractivity contribution in [3.8, 4) is 11.4 Å². The molecule has 1 N–H and O–H groups in total. The molecule has 0 saturated carbocycles. The number of fused-ring (bicyclic) bond motifs is 1. The maximum absolute atomic E-state index is 13.0. The summed E-state index contributed by atoms with van der Waals surface area (Å²) >= 11 is 0. The van der Waals surface area contributed by atoms with Gasteiger partial charge in [0.15, 0.2) is 17.3 Å². The molecule has 8 nitrogen and oxygen atoms in total. The number of aromatic nitrogens is 6. The molecule has 0 unspecified atom stereocenters. The quantitative estimate of drug-likeness (QED) is 0.312. The Bertz CT molecular complexity index is 1390. The van der Waals surface area contributed by atoms with Crippen LogP contribution in [0.25, 0.3) is 22.6 Å². The molecule has 0 radical (unpaired) electrons. The van der Waals surface area contributed by atoms with E-state index in [1.54, 1.807) is 11.0 Å². The fraction of sp³-hybridized carbons (Fsp3) is 0.481. The highest BCUT2D eigenvalue weighted by Crippen LogP contribution is 2.30. The number of nitrogens with zero attached hydrogens (tertiary/aromatic N) is 7. The SMILES string of the molecule is Cc1nn(C)c(C)c1-c1nc(NCCN(C(C)C)C(C)C)c2ncn(Cc3ccc(C(F)(F)F)cc3)c2n1. The lowest BCUT2D eigenvalue weighted by atomic mass is 10.1. The van der Waals surface area contributed by atoms with Crippen LogP contribution in [-0.4, -0.2) is 59.4 Å². The van der Waals surface area contributed by atoms with Gasteiger partial charge >= 0.3 is 6.18 Å². The van der Waals surface area contributed by atoms with Crippen LogP contribution >= 0.6 is 0 Å². The van der Waals surface area contributed by atoms with Crippen LogP contribution in [0.1, 0.15) is 50.2 Å². The highest BCUT2D eigenvalue weighted by Gasteiger charge is 2.30. The molecule has 0 aliphatic heterocycles. The molecule has 3 aromatic heterocycles. The van der Waals surface area contributed by atoms with Gasteiger partial charge in [-0.25, -0.2) is 15.0 Å². The van der Waals surface area contributed by atoms with E-state index in [1.165, 1.54) is 12.1 Å². The summed E-state index contributed by atoms with van der Waals surface area (Å²) in [5, 5.41) is 7.99. The zero-order valence-electron chi connectivity index (χ0n) is 22.9. The molecule has 0 atom stereocenters. The van der Waals surface area contributed by atoms with Crippen molar-refractivity contribution in [3.63, 3.8) is 0 Å². The second kappa shape index (κ2) is 10.7. The average molecular weight is 529 g/mol. The highest BCUT2D eigenvalue weighted by atomic mass is 19.4. The molecule has 4 aromatic rings. The van der Waals surface area contributed by atoms with Crippen molar-refractivity contribution >= 4 is 17.0 Å². The summed E-state index contributed by atoms with van der Waals surface area (Å²) < 4.78 is 42.7. The number of nitrogens with one attached hydrogen (secondary N) is 1. The summed E-state index contributed by atoms with van der Waals surface area (Å²) in [6, 6.07) is 5.97. The summed E-state index contributed by atoms with van der Waals surface area (Å²) in [5.74, 6) is 1.15. The zero-order valence-corrected chi connectivity index (χ0v) is 22.9. The van der Waals surface area contributed by atoms with Gasteiger partial charge in [0, 0.05) is 37.9 Å². The van der Waals surface area contributed by atoms with E-state index in [0.717, 1.165) is 35.6 Å². The van der Waals surface area contributed by atoms with E-state index in [0.29, 0.717) is 53.5 Å². The number of hydrogen-bond acceptors (Lipinski definition) is 6. The topological polar surface area (TPSA) is 76.7 Å². The third-order valence-corrected chi connectivity index (χ3v) is 6.82. The number of halogens is 3. The molecule has 204 valence electrons. The van der Waals surface area contributed by atoms with Crippen LogP contribution in [0.3, 0.4) is 0 Å². The maximum atomic E-state index is 13.0. The van der Waals surface area contributed by atoms with Crippen molar-refractivity contribution in [2.24, 2.45) is 7.05 Å². The van der Waals surface area contributed by atoms with Gasteiger partial charge in [-0.1, -0.05) is 12.1 Å². The molecule has 0 aliphatic rings. The van der Waals surface area contributed by atoms with Gasteiger partial charge in [0.1, 0.15) is 5.52 Å². The molecule has 0 spiro atoms. The molecule has 0 aliphatic carbocycles. The normalized spacial score (nSPS) is 12.4. The van der Waals surface area contributed by atoms with E-state index in [4.69, 9.17) is 9.97 Å². The number of hydrogen-bond donors (Lipinski definition) is 1. The fourth-order valence-corrected chi connectivity index (χ4v) is 4.80. The number of rotatable bonds is 9. The van der Waals surface area contributed by atoms with Crippen LogP contribution in [0.5, 0.6) is 0 Å². The number of benzene rings is 1. The lowest BCUT2D eigenvalue weighted by molar-refractivity contribution is -0.137. The van der Waals surface area contributed by atoms with E-state index in [-0.39, 0.29) is 0 Å². The summed E-state index contributed by atoms with van der Waals surface area (Å²) in [4.78, 5) is 16.7. The first-order valence-electron chi connectivity index (χ1n) is 12.8. The van der Waals surface area contributed by atoms with Crippen LogP contribution in [0.2, 0.25) is 0 Å². The lowest BCUT2D eigenvalue weighted by Gasteiger charge is -2.30. The van der Waals surface area contributed by atoms with E-state index in [2.05, 4.69) is 48.0 Å². The van der Waals surface area contributed by atoms with Gasteiger partial charge in [0.25, 0.3) is 0 Å². The minimum absolute atomic E-state index is 0.323. The van der Waals surface area contributed by atoms with Gasteiger partial charge in [0.05, 0.1) is 29.7 Å². The molecular formula is C27H35F3N8. The van der Waals surface area contributed by atoms with Crippen molar-refractivity contribution in [3.05, 3.63) is 53.1 Å². The Morgan fingerprint density at radius 3 is 2.21 bits per heavy atom. The Kier molecular flexibility index (Phi) is 7.78. The minimum atomic E-state index is -4.37. The molecule has 0 fully saturated rings. The summed E-state index contributed by atoms with van der Waals surface area (Å²) in [6.07, 6.45) is -2.72. The van der Waals surface area contributed by atoms with Crippen molar-refractivity contribution in [2.75, 3.05) is 18.4 Å². The summed E-state index contributed by atoms with van der Waals surface area (Å²) in [7, 11) is 1.88. The first kappa shape index (κ1) is 27.6. The van der Waals surface area contributed by atoms with E-state index >= 15 is 0 Å². The second-order valence-electron chi connectivity index (χ2n) is 10.2. The molecule has 11 heteroatoms. The molecule has 3 heterocycles. The Balaban J connectivity index is 1.72. The van der Waals surface area contributed by atoms with Crippen LogP contribution in [0.4, 0.5) is 19.0 Å². The van der Waals surface area contributed by atoms with Crippen LogP contribution < -0.4 is 5.32 Å². The van der Waals surface area contributed by atoms with Crippen molar-refractivity contribution in [2.45, 2.75) is 66.3 Å². The van der Waals surface area contributed by atoms with Gasteiger partial charge in [-0.3, -0.25) is 9.58 Å². The van der Waals surface area contributed by atoms with Crippen molar-refractivity contribution in [1.29, 1.82) is 0 Å².